The third-order valence-corrected chi connectivity index (χ3v) is 7.97. The summed E-state index contributed by atoms with van der Waals surface area (Å²) in [7, 11) is 0. The van der Waals surface area contributed by atoms with Crippen LogP contribution in [0.5, 0.6) is 0 Å². The van der Waals surface area contributed by atoms with Crippen LogP contribution in [-0.4, -0.2) is 24.4 Å². The number of benzene rings is 2. The van der Waals surface area contributed by atoms with Gasteiger partial charge in [0.05, 0.1) is 18.1 Å². The van der Waals surface area contributed by atoms with Gasteiger partial charge in [-0.05, 0) is 64.3 Å². The van der Waals surface area contributed by atoms with E-state index in [0.29, 0.717) is 18.1 Å². The zero-order valence-corrected chi connectivity index (χ0v) is 20.3. The first-order valence-electron chi connectivity index (χ1n) is 11.4. The second-order valence-corrected chi connectivity index (χ2v) is 11.3. The highest BCUT2D eigenvalue weighted by Gasteiger charge is 2.43. The Hall–Kier alpha value is -2.41. The van der Waals surface area contributed by atoms with Crippen molar-refractivity contribution in [3.63, 3.8) is 0 Å². The van der Waals surface area contributed by atoms with Gasteiger partial charge in [0.2, 0.25) is 5.79 Å². The Morgan fingerprint density at radius 2 is 1.45 bits per heavy atom. The monoisotopic (exact) mass is 463 g/mol. The Balaban J connectivity index is 1.53. The molecule has 2 saturated heterocycles. The Bertz CT molecular complexity index is 1160. The van der Waals surface area contributed by atoms with Crippen molar-refractivity contribution < 1.29 is 19.1 Å². The average Bonchev–Trinajstić information content (AvgIpc) is 3.39. The third kappa shape index (κ3) is 3.84. The second kappa shape index (κ2) is 7.83. The van der Waals surface area contributed by atoms with E-state index >= 15 is 0 Å². The lowest BCUT2D eigenvalue weighted by molar-refractivity contribution is -0.130. The van der Waals surface area contributed by atoms with Gasteiger partial charge in [-0.1, -0.05) is 64.1 Å². The summed E-state index contributed by atoms with van der Waals surface area (Å²) >= 11 is 0.919. The predicted molar refractivity (Wildman–Crippen MR) is 130 cm³/mol. The van der Waals surface area contributed by atoms with Gasteiger partial charge in [-0.3, -0.25) is 14.9 Å². The molecule has 5 nitrogen and oxygen atoms in total. The molecule has 2 heterocycles. The highest BCUT2D eigenvalue weighted by atomic mass is 32.2. The molecule has 1 aliphatic carbocycles. The Labute approximate surface area is 198 Å². The second-order valence-electron chi connectivity index (χ2n) is 10.3. The van der Waals surface area contributed by atoms with Gasteiger partial charge in [-0.2, -0.15) is 0 Å². The van der Waals surface area contributed by atoms with Crippen LogP contribution < -0.4 is 5.32 Å². The minimum absolute atomic E-state index is 0.0909. The molecule has 6 heteroatoms. The molecular weight excluding hydrogens is 434 g/mol. The van der Waals surface area contributed by atoms with E-state index in [2.05, 4.69) is 51.2 Å². The molecule has 2 fully saturated rings. The zero-order chi connectivity index (χ0) is 23.4. The molecule has 5 rings (SSSR count). The predicted octanol–water partition coefficient (Wildman–Crippen LogP) is 5.61. The van der Waals surface area contributed by atoms with Crippen molar-refractivity contribution in [3.05, 3.63) is 75.2 Å². The first-order chi connectivity index (χ1) is 15.6. The summed E-state index contributed by atoms with van der Waals surface area (Å²) in [5.41, 5.74) is 5.77. The van der Waals surface area contributed by atoms with Crippen molar-refractivity contribution in [1.29, 1.82) is 0 Å². The number of rotatable bonds is 3. The number of hydrogen-bond acceptors (Lipinski definition) is 5. The van der Waals surface area contributed by atoms with Crippen LogP contribution in [0.1, 0.15) is 68.4 Å². The van der Waals surface area contributed by atoms with Crippen molar-refractivity contribution in [1.82, 2.24) is 5.32 Å². The van der Waals surface area contributed by atoms with Gasteiger partial charge in [-0.15, -0.1) is 0 Å². The molecule has 0 radical (unpaired) electrons. The zero-order valence-electron chi connectivity index (χ0n) is 19.5. The quantitative estimate of drug-likeness (QED) is 0.600. The first kappa shape index (κ1) is 22.4. The number of hydrogen-bond donors (Lipinski definition) is 1. The van der Waals surface area contributed by atoms with Crippen molar-refractivity contribution >= 4 is 29.0 Å². The van der Waals surface area contributed by atoms with E-state index in [-0.39, 0.29) is 22.0 Å². The molecule has 2 aromatic carbocycles. The number of nitrogens with one attached hydrogen (secondary N) is 1. The molecule has 0 unspecified atom stereocenters. The highest BCUT2D eigenvalue weighted by molar-refractivity contribution is 8.18. The number of carbonyl (C=O) groups excluding carboxylic acids is 2. The molecule has 1 N–H and O–H groups in total. The van der Waals surface area contributed by atoms with E-state index < -0.39 is 5.79 Å². The van der Waals surface area contributed by atoms with Crippen LogP contribution in [0.4, 0.5) is 4.79 Å². The van der Waals surface area contributed by atoms with Crippen LogP contribution in [0.3, 0.4) is 0 Å². The number of carbonyl (C=O) groups is 2. The Kier molecular flexibility index (Phi) is 5.31. The standard InChI is InChI=1S/C27H29NO4S/c1-25(2)11-12-26(3,4)21-16-19(9-10-20(21)25)27(31-13-14-32-27)18-7-5-17(6-8-18)15-22-23(29)28-24(30)33-22/h5-10,15-16H,11-14H2,1-4H3,(H,28,29,30). The van der Waals surface area contributed by atoms with Gasteiger partial charge in [0, 0.05) is 11.1 Å². The molecule has 0 aromatic heterocycles. The topological polar surface area (TPSA) is 64.6 Å². The molecule has 33 heavy (non-hydrogen) atoms. The summed E-state index contributed by atoms with van der Waals surface area (Å²) < 4.78 is 12.6. The smallest absolute Gasteiger partial charge is 0.290 e. The van der Waals surface area contributed by atoms with E-state index in [1.54, 1.807) is 6.08 Å². The fourth-order valence-corrected chi connectivity index (χ4v) is 5.76. The Morgan fingerprint density at radius 1 is 0.848 bits per heavy atom. The van der Waals surface area contributed by atoms with Crippen LogP contribution in [-0.2, 0) is 30.9 Å². The Morgan fingerprint density at radius 3 is 2.06 bits per heavy atom. The third-order valence-electron chi connectivity index (χ3n) is 7.16. The molecule has 0 saturated carbocycles. The van der Waals surface area contributed by atoms with Gasteiger partial charge < -0.3 is 9.47 Å². The number of fused-ring (bicyclic) bond motifs is 1. The fourth-order valence-electron chi connectivity index (χ4n) is 5.08. The molecule has 3 aliphatic rings. The van der Waals surface area contributed by atoms with E-state index in [0.717, 1.165) is 34.9 Å². The van der Waals surface area contributed by atoms with Crippen LogP contribution in [0.2, 0.25) is 0 Å². The van der Waals surface area contributed by atoms with Gasteiger partial charge >= 0.3 is 0 Å². The van der Waals surface area contributed by atoms with Crippen LogP contribution in [0, 0.1) is 0 Å². The van der Waals surface area contributed by atoms with Crippen molar-refractivity contribution in [2.75, 3.05) is 13.2 Å². The molecule has 0 bridgehead atoms. The van der Waals surface area contributed by atoms with E-state index in [1.807, 2.05) is 24.3 Å². The van der Waals surface area contributed by atoms with E-state index in [1.165, 1.54) is 17.5 Å². The van der Waals surface area contributed by atoms with Gasteiger partial charge in [0.25, 0.3) is 11.1 Å². The molecule has 2 aromatic rings. The molecule has 2 aliphatic heterocycles. The van der Waals surface area contributed by atoms with Crippen molar-refractivity contribution in [2.45, 2.75) is 57.2 Å². The van der Waals surface area contributed by atoms with Gasteiger partial charge in [0.15, 0.2) is 0 Å². The molecule has 0 spiro atoms. The molecular formula is C27H29NO4S. The summed E-state index contributed by atoms with van der Waals surface area (Å²) in [4.78, 5) is 23.7. The van der Waals surface area contributed by atoms with Crippen molar-refractivity contribution in [2.24, 2.45) is 0 Å². The first-order valence-corrected chi connectivity index (χ1v) is 12.2. The van der Waals surface area contributed by atoms with Crippen LogP contribution in [0.15, 0.2) is 47.4 Å². The van der Waals surface area contributed by atoms with E-state index in [9.17, 15) is 9.59 Å². The summed E-state index contributed by atoms with van der Waals surface area (Å²) in [6.45, 7) is 10.3. The largest absolute Gasteiger partial charge is 0.340 e. The lowest BCUT2D eigenvalue weighted by Gasteiger charge is -2.42. The molecule has 172 valence electrons. The normalized spacial score (nSPS) is 24.1. The maximum absolute atomic E-state index is 11.9. The fraction of sp³-hybridized carbons (Fsp3) is 0.407. The minimum atomic E-state index is -0.951. The SMILES string of the molecule is CC1(C)CCC(C)(C)c2cc(C3(c4ccc(C=C5SC(=O)NC5=O)cc4)OCCO3)ccc21. The summed E-state index contributed by atoms with van der Waals surface area (Å²) in [5, 5.41) is 1.95. The highest BCUT2D eigenvalue weighted by Crippen LogP contribution is 2.48. The van der Waals surface area contributed by atoms with Crippen LogP contribution in [0.25, 0.3) is 6.08 Å². The minimum Gasteiger partial charge on any atom is -0.340 e. The summed E-state index contributed by atoms with van der Waals surface area (Å²) in [6.07, 6.45) is 4.03. The lowest BCUT2D eigenvalue weighted by Crippen LogP contribution is -2.35. The number of amides is 2. The summed E-state index contributed by atoms with van der Waals surface area (Å²) in [5.74, 6) is -1.30. The van der Waals surface area contributed by atoms with Crippen molar-refractivity contribution in [3.8, 4) is 0 Å². The van der Waals surface area contributed by atoms with Gasteiger partial charge in [0.1, 0.15) is 0 Å². The maximum Gasteiger partial charge on any atom is 0.290 e. The average molecular weight is 464 g/mol. The maximum atomic E-state index is 11.9. The van der Waals surface area contributed by atoms with Crippen LogP contribution >= 0.6 is 11.8 Å². The summed E-state index contributed by atoms with van der Waals surface area (Å²) in [6, 6.07) is 14.5. The van der Waals surface area contributed by atoms with Gasteiger partial charge in [-0.25, -0.2) is 0 Å². The lowest BCUT2D eigenvalue weighted by atomic mass is 9.62. The number of thioether (sulfide) groups is 1. The van der Waals surface area contributed by atoms with E-state index in [4.69, 9.17) is 9.47 Å². The molecule has 0 atom stereocenters. The number of imide groups is 1. The number of ether oxygens (including phenoxy) is 2. The molecule has 2 amide bonds.